The number of piperazine rings is 1. The van der Waals surface area contributed by atoms with Crippen molar-refractivity contribution in [3.63, 3.8) is 0 Å². The fraction of sp³-hybridized carbons (Fsp3) is 0.857. The van der Waals surface area contributed by atoms with Crippen LogP contribution in [0.3, 0.4) is 0 Å². The Kier molecular flexibility index (Phi) is 3.16. The summed E-state index contributed by atoms with van der Waals surface area (Å²) >= 11 is 0. The summed E-state index contributed by atoms with van der Waals surface area (Å²) in [6.45, 7) is 8.38. The average Bonchev–Trinajstić information content (AvgIpc) is 3.16. The van der Waals surface area contributed by atoms with E-state index in [-0.39, 0.29) is 11.8 Å². The molecule has 0 aromatic rings. The molecule has 1 aliphatic heterocycles. The highest BCUT2D eigenvalue weighted by Gasteiger charge is 2.53. The Labute approximate surface area is 109 Å². The van der Waals surface area contributed by atoms with E-state index in [4.69, 9.17) is 0 Å². The lowest BCUT2D eigenvalue weighted by Crippen LogP contribution is -2.74. The zero-order valence-electron chi connectivity index (χ0n) is 11.9. The van der Waals surface area contributed by atoms with Gasteiger partial charge in [0, 0.05) is 6.54 Å². The second kappa shape index (κ2) is 4.25. The Morgan fingerprint density at radius 1 is 1.22 bits per heavy atom. The summed E-state index contributed by atoms with van der Waals surface area (Å²) in [5.41, 5.74) is -1.39. The Bertz CT molecular complexity index is 378. The number of nitrogens with one attached hydrogen (secondary N) is 1. The van der Waals surface area contributed by atoms with Gasteiger partial charge in [0.15, 0.2) is 0 Å². The third-order valence-corrected chi connectivity index (χ3v) is 4.72. The van der Waals surface area contributed by atoms with Crippen molar-refractivity contribution in [2.75, 3.05) is 6.54 Å². The van der Waals surface area contributed by atoms with Gasteiger partial charge in [0.1, 0.15) is 11.1 Å². The summed E-state index contributed by atoms with van der Waals surface area (Å²) in [5, 5.41) is 2.93. The first-order valence-electron chi connectivity index (χ1n) is 7.02. The van der Waals surface area contributed by atoms with Crippen LogP contribution in [0.25, 0.3) is 0 Å². The molecule has 1 aliphatic carbocycles. The Balaban J connectivity index is 2.32. The number of amides is 2. The van der Waals surface area contributed by atoms with Crippen molar-refractivity contribution >= 4 is 11.8 Å². The molecular weight excluding hydrogens is 228 g/mol. The third kappa shape index (κ3) is 1.91. The Morgan fingerprint density at radius 3 is 2.28 bits per heavy atom. The summed E-state index contributed by atoms with van der Waals surface area (Å²) in [6.07, 6.45) is 3.68. The van der Waals surface area contributed by atoms with Crippen LogP contribution in [-0.4, -0.2) is 34.3 Å². The zero-order chi connectivity index (χ0) is 13.6. The second-order valence-electron chi connectivity index (χ2n) is 6.13. The highest BCUT2D eigenvalue weighted by atomic mass is 16.2. The van der Waals surface area contributed by atoms with Gasteiger partial charge >= 0.3 is 0 Å². The van der Waals surface area contributed by atoms with E-state index in [1.807, 2.05) is 32.6 Å². The highest BCUT2D eigenvalue weighted by molar-refractivity contribution is 6.01. The number of hydrogen-bond donors (Lipinski definition) is 1. The standard InChI is InChI=1S/C14H24N2O2/c1-5-13(3)12(18)16(9-10-7-8-10)14(4,6-2)11(17)15-13/h10H,5-9H2,1-4H3,(H,15,17). The minimum Gasteiger partial charge on any atom is -0.340 e. The number of hydrogen-bond acceptors (Lipinski definition) is 2. The van der Waals surface area contributed by atoms with Crippen LogP contribution in [0, 0.1) is 5.92 Å². The van der Waals surface area contributed by atoms with Crippen molar-refractivity contribution in [1.29, 1.82) is 0 Å². The molecule has 102 valence electrons. The minimum absolute atomic E-state index is 0.00500. The lowest BCUT2D eigenvalue weighted by atomic mass is 9.84. The molecule has 0 spiro atoms. The van der Waals surface area contributed by atoms with Gasteiger partial charge in [0.2, 0.25) is 11.8 Å². The molecule has 1 saturated heterocycles. The predicted octanol–water partition coefficient (Wildman–Crippen LogP) is 1.69. The van der Waals surface area contributed by atoms with Gasteiger partial charge in [0.05, 0.1) is 0 Å². The predicted molar refractivity (Wildman–Crippen MR) is 70.0 cm³/mol. The smallest absolute Gasteiger partial charge is 0.248 e. The molecule has 2 unspecified atom stereocenters. The number of nitrogens with zero attached hydrogens (tertiary/aromatic N) is 1. The summed E-state index contributed by atoms with van der Waals surface area (Å²) in [7, 11) is 0. The van der Waals surface area contributed by atoms with Crippen LogP contribution in [0.15, 0.2) is 0 Å². The van der Waals surface area contributed by atoms with Crippen LogP contribution < -0.4 is 5.32 Å². The molecular formula is C14H24N2O2. The van der Waals surface area contributed by atoms with Crippen LogP contribution >= 0.6 is 0 Å². The summed E-state index contributed by atoms with van der Waals surface area (Å²) in [4.78, 5) is 26.9. The normalized spacial score (nSPS) is 36.8. The molecule has 0 bridgehead atoms. The third-order valence-electron chi connectivity index (χ3n) is 4.72. The lowest BCUT2D eigenvalue weighted by Gasteiger charge is -2.50. The van der Waals surface area contributed by atoms with Gasteiger partial charge in [-0.2, -0.15) is 0 Å². The lowest BCUT2D eigenvalue weighted by molar-refractivity contribution is -0.162. The molecule has 4 nitrogen and oxygen atoms in total. The first-order chi connectivity index (χ1) is 8.37. The maximum absolute atomic E-state index is 12.7. The van der Waals surface area contributed by atoms with Gasteiger partial charge in [0.25, 0.3) is 0 Å². The van der Waals surface area contributed by atoms with Crippen LogP contribution in [0.5, 0.6) is 0 Å². The van der Waals surface area contributed by atoms with Gasteiger partial charge in [-0.15, -0.1) is 0 Å². The SMILES string of the molecule is CCC1(C)NC(=O)C(C)(CC)N(CC2CC2)C1=O. The van der Waals surface area contributed by atoms with Crippen LogP contribution in [0.4, 0.5) is 0 Å². The Morgan fingerprint density at radius 2 is 1.83 bits per heavy atom. The van der Waals surface area contributed by atoms with Crippen LogP contribution in [0.2, 0.25) is 0 Å². The van der Waals surface area contributed by atoms with Gasteiger partial charge < -0.3 is 10.2 Å². The maximum atomic E-state index is 12.7. The van der Waals surface area contributed by atoms with Gasteiger partial charge in [-0.25, -0.2) is 0 Å². The average molecular weight is 252 g/mol. The van der Waals surface area contributed by atoms with E-state index in [2.05, 4.69) is 5.32 Å². The minimum atomic E-state index is -0.722. The van der Waals surface area contributed by atoms with Crippen molar-refractivity contribution in [1.82, 2.24) is 10.2 Å². The van der Waals surface area contributed by atoms with Gasteiger partial charge in [-0.1, -0.05) is 13.8 Å². The van der Waals surface area contributed by atoms with E-state index < -0.39 is 11.1 Å². The largest absolute Gasteiger partial charge is 0.340 e. The molecule has 2 rings (SSSR count). The molecule has 1 N–H and O–H groups in total. The molecule has 4 heteroatoms. The monoisotopic (exact) mass is 252 g/mol. The summed E-state index contributed by atoms with van der Waals surface area (Å²) < 4.78 is 0. The van der Waals surface area contributed by atoms with Crippen molar-refractivity contribution in [2.24, 2.45) is 5.92 Å². The van der Waals surface area contributed by atoms with E-state index >= 15 is 0 Å². The fourth-order valence-electron chi connectivity index (χ4n) is 2.52. The second-order valence-corrected chi connectivity index (χ2v) is 6.13. The van der Waals surface area contributed by atoms with Crippen molar-refractivity contribution in [3.8, 4) is 0 Å². The molecule has 2 fully saturated rings. The molecule has 0 aromatic carbocycles. The van der Waals surface area contributed by atoms with E-state index in [1.54, 1.807) is 0 Å². The van der Waals surface area contributed by atoms with Crippen molar-refractivity contribution < 1.29 is 9.59 Å². The molecule has 2 amide bonds. The molecule has 0 aromatic heterocycles. The van der Waals surface area contributed by atoms with Crippen LogP contribution in [0.1, 0.15) is 53.4 Å². The van der Waals surface area contributed by atoms with Gasteiger partial charge in [-0.05, 0) is 45.4 Å². The zero-order valence-corrected chi connectivity index (χ0v) is 11.9. The number of rotatable bonds is 4. The highest BCUT2D eigenvalue weighted by Crippen LogP contribution is 2.36. The molecule has 2 atom stereocenters. The van der Waals surface area contributed by atoms with Gasteiger partial charge in [-0.3, -0.25) is 9.59 Å². The van der Waals surface area contributed by atoms with E-state index in [1.165, 1.54) is 12.8 Å². The molecule has 1 heterocycles. The summed E-state index contributed by atoms with van der Waals surface area (Å²) in [5.74, 6) is 0.683. The molecule has 1 saturated carbocycles. The number of carbonyl (C=O) groups excluding carboxylic acids is 2. The topological polar surface area (TPSA) is 49.4 Å². The fourth-order valence-corrected chi connectivity index (χ4v) is 2.52. The van der Waals surface area contributed by atoms with E-state index in [9.17, 15) is 9.59 Å². The molecule has 2 aliphatic rings. The van der Waals surface area contributed by atoms with Crippen LogP contribution in [-0.2, 0) is 9.59 Å². The summed E-state index contributed by atoms with van der Waals surface area (Å²) in [6, 6.07) is 0. The maximum Gasteiger partial charge on any atom is 0.248 e. The number of carbonyl (C=O) groups is 2. The van der Waals surface area contributed by atoms with E-state index in [0.29, 0.717) is 18.8 Å². The Hall–Kier alpha value is -1.06. The van der Waals surface area contributed by atoms with E-state index in [0.717, 1.165) is 6.54 Å². The van der Waals surface area contributed by atoms with Crippen molar-refractivity contribution in [2.45, 2.75) is 64.5 Å². The molecule has 0 radical (unpaired) electrons. The first-order valence-corrected chi connectivity index (χ1v) is 7.02. The first kappa shape index (κ1) is 13.4. The molecule has 18 heavy (non-hydrogen) atoms. The quantitative estimate of drug-likeness (QED) is 0.827. The van der Waals surface area contributed by atoms with Crippen molar-refractivity contribution in [3.05, 3.63) is 0 Å².